The van der Waals surface area contributed by atoms with Gasteiger partial charge in [0.25, 0.3) is 0 Å². The Labute approximate surface area is 124 Å². The van der Waals surface area contributed by atoms with Crippen LogP contribution in [0, 0.1) is 5.82 Å². The van der Waals surface area contributed by atoms with Crippen LogP contribution in [-0.2, 0) is 14.8 Å². The van der Waals surface area contributed by atoms with Crippen LogP contribution in [0.15, 0.2) is 15.4 Å². The molecule has 0 heterocycles. The maximum atomic E-state index is 13.9. The summed E-state index contributed by atoms with van der Waals surface area (Å²) in [4.78, 5) is -0.574. The molecule has 0 aliphatic heterocycles. The second-order valence-corrected chi connectivity index (χ2v) is 6.58. The molecule has 9 heteroatoms. The van der Waals surface area contributed by atoms with Crippen molar-refractivity contribution < 1.29 is 17.5 Å². The Morgan fingerprint density at radius 1 is 1.58 bits per heavy atom. The molecule has 3 N–H and O–H groups in total. The number of anilines is 1. The first kappa shape index (κ1) is 16.6. The van der Waals surface area contributed by atoms with Gasteiger partial charge in [-0.25, -0.2) is 17.5 Å². The second kappa shape index (κ2) is 6.85. The molecule has 0 aliphatic carbocycles. The highest BCUT2D eigenvalue weighted by Gasteiger charge is 2.23. The minimum atomic E-state index is -4.00. The van der Waals surface area contributed by atoms with E-state index in [2.05, 4.69) is 20.7 Å². The summed E-state index contributed by atoms with van der Waals surface area (Å²) in [6, 6.07) is 1.01. The zero-order valence-corrected chi connectivity index (χ0v) is 13.2. The molecule has 0 unspecified atom stereocenters. The maximum absolute atomic E-state index is 13.9. The Hall–Kier alpha value is -0.410. The SMILES string of the molecule is COCCCNS(=O)(=O)c1cc(Cl)c(Br)c(N)c1F. The van der Waals surface area contributed by atoms with E-state index in [1.54, 1.807) is 0 Å². The van der Waals surface area contributed by atoms with E-state index in [-0.39, 0.29) is 21.7 Å². The molecule has 0 saturated carbocycles. The third-order valence-electron chi connectivity index (χ3n) is 2.26. The second-order valence-electron chi connectivity index (χ2n) is 3.64. The van der Waals surface area contributed by atoms with E-state index in [9.17, 15) is 12.8 Å². The van der Waals surface area contributed by atoms with Gasteiger partial charge in [0.2, 0.25) is 10.0 Å². The summed E-state index contributed by atoms with van der Waals surface area (Å²) in [6.45, 7) is 0.525. The molecular formula is C10H13BrClFN2O3S. The molecule has 5 nitrogen and oxygen atoms in total. The Morgan fingerprint density at radius 3 is 2.79 bits per heavy atom. The number of rotatable bonds is 6. The van der Waals surface area contributed by atoms with Crippen molar-refractivity contribution in [3.05, 3.63) is 21.4 Å². The molecule has 19 heavy (non-hydrogen) atoms. The van der Waals surface area contributed by atoms with Crippen molar-refractivity contribution in [3.63, 3.8) is 0 Å². The van der Waals surface area contributed by atoms with Crippen molar-refractivity contribution in [2.24, 2.45) is 0 Å². The lowest BCUT2D eigenvalue weighted by Crippen LogP contribution is -2.26. The van der Waals surface area contributed by atoms with Crippen LogP contribution < -0.4 is 10.5 Å². The van der Waals surface area contributed by atoms with E-state index >= 15 is 0 Å². The first-order valence-corrected chi connectivity index (χ1v) is 7.88. The van der Waals surface area contributed by atoms with Crippen molar-refractivity contribution in [2.45, 2.75) is 11.3 Å². The molecule has 0 fully saturated rings. The highest BCUT2D eigenvalue weighted by atomic mass is 79.9. The number of nitrogen functional groups attached to an aromatic ring is 1. The molecule has 0 spiro atoms. The van der Waals surface area contributed by atoms with Crippen LogP contribution in [0.2, 0.25) is 5.02 Å². The largest absolute Gasteiger partial charge is 0.395 e. The zero-order chi connectivity index (χ0) is 14.6. The lowest BCUT2D eigenvalue weighted by atomic mass is 10.3. The van der Waals surface area contributed by atoms with Gasteiger partial charge in [0.15, 0.2) is 5.82 Å². The number of ether oxygens (including phenoxy) is 1. The van der Waals surface area contributed by atoms with Crippen LogP contribution in [0.5, 0.6) is 0 Å². The number of sulfonamides is 1. The molecule has 0 atom stereocenters. The van der Waals surface area contributed by atoms with Crippen molar-refractivity contribution in [1.29, 1.82) is 0 Å². The Kier molecular flexibility index (Phi) is 6.00. The van der Waals surface area contributed by atoms with Crippen molar-refractivity contribution in [3.8, 4) is 0 Å². The summed E-state index contributed by atoms with van der Waals surface area (Å²) in [7, 11) is -2.50. The fourth-order valence-electron chi connectivity index (χ4n) is 1.30. The third-order valence-corrected chi connectivity index (χ3v) is 5.10. The number of methoxy groups -OCH3 is 1. The minimum absolute atomic E-state index is 0.0242. The van der Waals surface area contributed by atoms with Gasteiger partial charge in [-0.3, -0.25) is 0 Å². The Morgan fingerprint density at radius 2 is 2.21 bits per heavy atom. The highest BCUT2D eigenvalue weighted by Crippen LogP contribution is 2.34. The first-order chi connectivity index (χ1) is 8.81. The van der Waals surface area contributed by atoms with E-state index in [0.717, 1.165) is 6.07 Å². The Bertz CT molecular complexity index is 568. The lowest BCUT2D eigenvalue weighted by Gasteiger charge is -2.11. The van der Waals surface area contributed by atoms with Crippen LogP contribution in [0.25, 0.3) is 0 Å². The topological polar surface area (TPSA) is 81.4 Å². The first-order valence-electron chi connectivity index (χ1n) is 5.23. The number of nitrogens with two attached hydrogens (primary N) is 1. The summed E-state index contributed by atoms with van der Waals surface area (Å²) in [6.07, 6.45) is 0.469. The molecule has 0 amide bonds. The monoisotopic (exact) mass is 374 g/mol. The van der Waals surface area contributed by atoms with E-state index < -0.39 is 20.7 Å². The lowest BCUT2D eigenvalue weighted by molar-refractivity contribution is 0.196. The number of hydrogen-bond donors (Lipinski definition) is 2. The molecule has 0 aromatic heterocycles. The van der Waals surface area contributed by atoms with Crippen LogP contribution in [-0.4, -0.2) is 28.7 Å². The molecule has 1 aromatic rings. The van der Waals surface area contributed by atoms with Gasteiger partial charge >= 0.3 is 0 Å². The van der Waals surface area contributed by atoms with Gasteiger partial charge in [0.1, 0.15) is 4.90 Å². The van der Waals surface area contributed by atoms with Gasteiger partial charge in [-0.15, -0.1) is 0 Å². The van der Waals surface area contributed by atoms with Gasteiger partial charge in [0, 0.05) is 20.3 Å². The summed E-state index contributed by atoms with van der Waals surface area (Å²) in [5, 5.41) is 0.0242. The zero-order valence-electron chi connectivity index (χ0n) is 10.0. The van der Waals surface area contributed by atoms with Gasteiger partial charge < -0.3 is 10.5 Å². The van der Waals surface area contributed by atoms with Crippen LogP contribution in [0.1, 0.15) is 6.42 Å². The standard InChI is InChI=1S/C10H13BrClFN2O3S/c1-18-4-2-3-15-19(16,17)7-5-6(12)8(11)10(14)9(7)13/h5,15H,2-4,14H2,1H3. The number of halogens is 3. The van der Waals surface area contributed by atoms with Crippen LogP contribution >= 0.6 is 27.5 Å². The molecule has 0 radical (unpaired) electrons. The predicted octanol–water partition coefficient (Wildman–Crippen LogP) is 2.14. The van der Waals surface area contributed by atoms with Crippen LogP contribution in [0.3, 0.4) is 0 Å². The average Bonchev–Trinajstić information content (AvgIpc) is 2.36. The summed E-state index contributed by atoms with van der Waals surface area (Å²) < 4.78 is 44.8. The number of nitrogens with one attached hydrogen (secondary N) is 1. The summed E-state index contributed by atoms with van der Waals surface area (Å²) in [5.74, 6) is -1.03. The highest BCUT2D eigenvalue weighted by molar-refractivity contribution is 9.10. The molecule has 1 aromatic carbocycles. The summed E-state index contributed by atoms with van der Waals surface area (Å²) >= 11 is 8.75. The Balaban J connectivity index is 3.02. The van der Waals surface area contributed by atoms with Gasteiger partial charge in [-0.2, -0.15) is 0 Å². The predicted molar refractivity (Wildman–Crippen MR) is 75.2 cm³/mol. The van der Waals surface area contributed by atoms with Gasteiger partial charge in [-0.05, 0) is 28.4 Å². The molecule has 0 bridgehead atoms. The normalized spacial score (nSPS) is 11.8. The van der Waals surface area contributed by atoms with Crippen molar-refractivity contribution in [2.75, 3.05) is 26.0 Å². The quantitative estimate of drug-likeness (QED) is 0.453. The van der Waals surface area contributed by atoms with Gasteiger partial charge in [-0.1, -0.05) is 11.6 Å². The smallest absolute Gasteiger partial charge is 0.243 e. The molecular weight excluding hydrogens is 363 g/mol. The van der Waals surface area contributed by atoms with E-state index in [1.807, 2.05) is 0 Å². The van der Waals surface area contributed by atoms with Crippen molar-refractivity contribution >= 4 is 43.2 Å². The van der Waals surface area contributed by atoms with E-state index in [4.69, 9.17) is 22.1 Å². The van der Waals surface area contributed by atoms with E-state index in [0.29, 0.717) is 13.0 Å². The third kappa shape index (κ3) is 4.03. The van der Waals surface area contributed by atoms with Crippen LogP contribution in [0.4, 0.5) is 10.1 Å². The average molecular weight is 376 g/mol. The molecule has 108 valence electrons. The fourth-order valence-corrected chi connectivity index (χ4v) is 3.05. The fraction of sp³-hybridized carbons (Fsp3) is 0.400. The molecule has 0 aliphatic rings. The maximum Gasteiger partial charge on any atom is 0.243 e. The minimum Gasteiger partial charge on any atom is -0.395 e. The molecule has 1 rings (SSSR count). The number of benzene rings is 1. The summed E-state index contributed by atoms with van der Waals surface area (Å²) in [5.41, 5.74) is 5.10. The van der Waals surface area contributed by atoms with E-state index in [1.165, 1.54) is 7.11 Å². The molecule has 0 saturated heterocycles. The van der Waals surface area contributed by atoms with Gasteiger partial charge in [0.05, 0.1) is 15.2 Å². The van der Waals surface area contributed by atoms with Crippen molar-refractivity contribution in [1.82, 2.24) is 4.72 Å². The number of hydrogen-bond acceptors (Lipinski definition) is 4.